The summed E-state index contributed by atoms with van der Waals surface area (Å²) < 4.78 is 5.52. The highest BCUT2D eigenvalue weighted by Gasteiger charge is 2.41. The second-order valence-electron chi connectivity index (χ2n) is 5.87. The smallest absolute Gasteiger partial charge is 0.289 e. The van der Waals surface area contributed by atoms with Crippen LogP contribution in [0.3, 0.4) is 0 Å². The van der Waals surface area contributed by atoms with Gasteiger partial charge in [-0.3, -0.25) is 9.59 Å². The quantitative estimate of drug-likeness (QED) is 0.892. The van der Waals surface area contributed by atoms with E-state index in [0.717, 1.165) is 31.6 Å². The van der Waals surface area contributed by atoms with E-state index in [4.69, 9.17) is 4.42 Å². The number of carbonyl (C=O) groups is 2. The number of piperidine rings is 1. The molecule has 1 aromatic heterocycles. The molecule has 3 heterocycles. The summed E-state index contributed by atoms with van der Waals surface area (Å²) in [6.45, 7) is 4.17. The van der Waals surface area contributed by atoms with Crippen LogP contribution in [0.4, 0.5) is 0 Å². The van der Waals surface area contributed by atoms with Crippen molar-refractivity contribution >= 4 is 11.8 Å². The molecule has 1 N–H and O–H groups in total. The first-order chi connectivity index (χ1) is 9.62. The van der Waals surface area contributed by atoms with Crippen LogP contribution in [0.25, 0.3) is 0 Å². The minimum absolute atomic E-state index is 0.0307. The van der Waals surface area contributed by atoms with Gasteiger partial charge in [0.1, 0.15) is 5.76 Å². The molecule has 0 saturated carbocycles. The number of furan rings is 1. The molecule has 108 valence electrons. The van der Waals surface area contributed by atoms with Crippen molar-refractivity contribution < 1.29 is 14.0 Å². The molecule has 2 fully saturated rings. The minimum Gasteiger partial charge on any atom is -0.456 e. The van der Waals surface area contributed by atoms with Gasteiger partial charge in [0.05, 0.1) is 0 Å². The fourth-order valence-corrected chi connectivity index (χ4v) is 3.13. The van der Waals surface area contributed by atoms with E-state index >= 15 is 0 Å². The Morgan fingerprint density at radius 1 is 1.40 bits per heavy atom. The van der Waals surface area contributed by atoms with E-state index in [9.17, 15) is 9.59 Å². The molecule has 0 radical (unpaired) electrons. The van der Waals surface area contributed by atoms with Crippen molar-refractivity contribution in [2.24, 2.45) is 5.41 Å². The van der Waals surface area contributed by atoms with Crippen LogP contribution in [-0.4, -0.2) is 36.3 Å². The maximum Gasteiger partial charge on any atom is 0.289 e. The number of nitrogens with zero attached hydrogens (tertiary/aromatic N) is 1. The number of nitrogens with one attached hydrogen (secondary N) is 1. The lowest BCUT2D eigenvalue weighted by Gasteiger charge is -2.37. The predicted molar refractivity (Wildman–Crippen MR) is 73.3 cm³/mol. The maximum absolute atomic E-state index is 12.3. The van der Waals surface area contributed by atoms with Crippen molar-refractivity contribution in [1.29, 1.82) is 0 Å². The number of amides is 2. The number of likely N-dealkylation sites (tertiary alicyclic amines) is 1. The van der Waals surface area contributed by atoms with E-state index in [1.165, 1.54) is 0 Å². The molecule has 2 aliphatic heterocycles. The summed E-state index contributed by atoms with van der Waals surface area (Å²) in [5.41, 5.74) is 0.0750. The van der Waals surface area contributed by atoms with Gasteiger partial charge in [-0.05, 0) is 30.4 Å². The number of hydrogen-bond donors (Lipinski definition) is 1. The Balaban J connectivity index is 1.63. The number of rotatable bonds is 2. The summed E-state index contributed by atoms with van der Waals surface area (Å²) in [4.78, 5) is 25.6. The summed E-state index contributed by atoms with van der Waals surface area (Å²) in [7, 11) is 0. The summed E-state index contributed by atoms with van der Waals surface area (Å²) >= 11 is 0. The molecule has 0 unspecified atom stereocenters. The van der Waals surface area contributed by atoms with E-state index in [1.54, 1.807) is 6.07 Å². The topological polar surface area (TPSA) is 62.6 Å². The van der Waals surface area contributed by atoms with Gasteiger partial charge in [-0.15, -0.1) is 0 Å². The van der Waals surface area contributed by atoms with Crippen LogP contribution >= 0.6 is 0 Å². The first-order valence-electron chi connectivity index (χ1n) is 7.27. The standard InChI is InChI=1S/C15H20N2O3/c1-2-11-3-4-12(20-11)14(19)17-7-5-15(6-8-17)9-13(18)16-10-15/h3-4H,2,5-10H2,1H3,(H,16,18). The van der Waals surface area contributed by atoms with Crippen molar-refractivity contribution in [1.82, 2.24) is 10.2 Å². The van der Waals surface area contributed by atoms with Crippen molar-refractivity contribution in [2.45, 2.75) is 32.6 Å². The van der Waals surface area contributed by atoms with Gasteiger partial charge in [0.2, 0.25) is 5.91 Å². The van der Waals surface area contributed by atoms with Gasteiger partial charge in [-0.1, -0.05) is 6.92 Å². The SMILES string of the molecule is CCc1ccc(C(=O)N2CCC3(CC2)CNC(=O)C3)o1. The number of hydrogen-bond acceptors (Lipinski definition) is 3. The normalized spacial score (nSPS) is 21.2. The summed E-state index contributed by atoms with van der Waals surface area (Å²) in [5.74, 6) is 1.38. The Morgan fingerprint density at radius 3 is 2.70 bits per heavy atom. The van der Waals surface area contributed by atoms with Crippen molar-refractivity contribution in [3.05, 3.63) is 23.7 Å². The lowest BCUT2D eigenvalue weighted by atomic mass is 9.77. The lowest BCUT2D eigenvalue weighted by Crippen LogP contribution is -2.43. The molecule has 2 saturated heterocycles. The van der Waals surface area contributed by atoms with Crippen LogP contribution < -0.4 is 5.32 Å². The number of aryl methyl sites for hydroxylation is 1. The molecule has 5 heteroatoms. The molecule has 3 rings (SSSR count). The Hall–Kier alpha value is -1.78. The number of carbonyl (C=O) groups excluding carboxylic acids is 2. The fraction of sp³-hybridized carbons (Fsp3) is 0.600. The van der Waals surface area contributed by atoms with E-state index < -0.39 is 0 Å². The molecule has 1 aromatic rings. The zero-order chi connectivity index (χ0) is 14.2. The highest BCUT2D eigenvalue weighted by atomic mass is 16.4. The predicted octanol–water partition coefficient (Wildman–Crippen LogP) is 1.58. The molecular weight excluding hydrogens is 256 g/mol. The highest BCUT2D eigenvalue weighted by molar-refractivity contribution is 5.91. The molecule has 2 aliphatic rings. The molecule has 0 bridgehead atoms. The van der Waals surface area contributed by atoms with Crippen molar-refractivity contribution in [3.8, 4) is 0 Å². The van der Waals surface area contributed by atoms with Gasteiger partial charge < -0.3 is 14.6 Å². The first kappa shape index (κ1) is 13.2. The molecular formula is C15H20N2O3. The third kappa shape index (κ3) is 2.32. The Labute approximate surface area is 118 Å². The van der Waals surface area contributed by atoms with Gasteiger partial charge in [-0.2, -0.15) is 0 Å². The average Bonchev–Trinajstić information content (AvgIpc) is 3.06. The van der Waals surface area contributed by atoms with E-state index in [0.29, 0.717) is 25.3 Å². The molecule has 2 amide bonds. The van der Waals surface area contributed by atoms with Crippen LogP contribution in [0, 0.1) is 5.41 Å². The fourth-order valence-electron chi connectivity index (χ4n) is 3.13. The minimum atomic E-state index is -0.0307. The third-order valence-corrected chi connectivity index (χ3v) is 4.53. The van der Waals surface area contributed by atoms with Gasteiger partial charge in [0.15, 0.2) is 5.76 Å². The van der Waals surface area contributed by atoms with Crippen LogP contribution in [-0.2, 0) is 11.2 Å². The molecule has 0 aromatic carbocycles. The first-order valence-corrected chi connectivity index (χ1v) is 7.27. The maximum atomic E-state index is 12.3. The second-order valence-corrected chi connectivity index (χ2v) is 5.87. The molecule has 0 aliphatic carbocycles. The van der Waals surface area contributed by atoms with E-state index in [-0.39, 0.29) is 17.2 Å². The Morgan fingerprint density at radius 2 is 2.15 bits per heavy atom. The average molecular weight is 276 g/mol. The summed E-state index contributed by atoms with van der Waals surface area (Å²) in [5, 5.41) is 2.91. The van der Waals surface area contributed by atoms with Gasteiger partial charge in [-0.25, -0.2) is 0 Å². The zero-order valence-electron chi connectivity index (χ0n) is 11.8. The van der Waals surface area contributed by atoms with Crippen molar-refractivity contribution in [2.75, 3.05) is 19.6 Å². The Kier molecular flexibility index (Phi) is 3.28. The second kappa shape index (κ2) is 4.96. The molecule has 1 spiro atoms. The van der Waals surface area contributed by atoms with Crippen LogP contribution in [0.5, 0.6) is 0 Å². The third-order valence-electron chi connectivity index (χ3n) is 4.53. The molecule has 20 heavy (non-hydrogen) atoms. The van der Waals surface area contributed by atoms with Gasteiger partial charge in [0, 0.05) is 32.5 Å². The van der Waals surface area contributed by atoms with Gasteiger partial charge in [0.25, 0.3) is 5.91 Å². The van der Waals surface area contributed by atoms with Gasteiger partial charge >= 0.3 is 0 Å². The lowest BCUT2D eigenvalue weighted by molar-refractivity contribution is -0.119. The summed E-state index contributed by atoms with van der Waals surface area (Å²) in [6, 6.07) is 3.62. The zero-order valence-corrected chi connectivity index (χ0v) is 11.8. The molecule has 5 nitrogen and oxygen atoms in total. The highest BCUT2D eigenvalue weighted by Crippen LogP contribution is 2.37. The largest absolute Gasteiger partial charge is 0.456 e. The monoisotopic (exact) mass is 276 g/mol. The van der Waals surface area contributed by atoms with Crippen LogP contribution in [0.15, 0.2) is 16.5 Å². The molecule has 0 atom stereocenters. The van der Waals surface area contributed by atoms with E-state index in [1.807, 2.05) is 17.9 Å². The summed E-state index contributed by atoms with van der Waals surface area (Å²) in [6.07, 6.45) is 3.18. The van der Waals surface area contributed by atoms with E-state index in [2.05, 4.69) is 5.32 Å². The Bertz CT molecular complexity index is 527. The van der Waals surface area contributed by atoms with Crippen molar-refractivity contribution in [3.63, 3.8) is 0 Å². The van der Waals surface area contributed by atoms with Crippen LogP contribution in [0.1, 0.15) is 42.5 Å². The van der Waals surface area contributed by atoms with Crippen LogP contribution in [0.2, 0.25) is 0 Å².